The van der Waals surface area contributed by atoms with E-state index in [2.05, 4.69) is 41.9 Å². The van der Waals surface area contributed by atoms with Crippen LogP contribution in [0.1, 0.15) is 38.7 Å². The Labute approximate surface area is 129 Å². The van der Waals surface area contributed by atoms with Crippen LogP contribution in [0.25, 0.3) is 0 Å². The molecule has 1 heterocycles. The molecule has 0 aromatic heterocycles. The number of rotatable bonds is 7. The van der Waals surface area contributed by atoms with Crippen molar-refractivity contribution in [2.24, 2.45) is 0 Å². The average Bonchev–Trinajstić information content (AvgIpc) is 2.49. The normalized spacial score (nSPS) is 18.6. The zero-order valence-corrected chi connectivity index (χ0v) is 13.4. The van der Waals surface area contributed by atoms with Crippen molar-refractivity contribution >= 4 is 5.69 Å². The number of ether oxygens (including phenoxy) is 1. The van der Waals surface area contributed by atoms with E-state index in [1.54, 1.807) is 0 Å². The first-order valence-electron chi connectivity index (χ1n) is 8.10. The van der Waals surface area contributed by atoms with Gasteiger partial charge in [0.05, 0.1) is 12.3 Å². The first-order valence-corrected chi connectivity index (χ1v) is 8.10. The van der Waals surface area contributed by atoms with Crippen LogP contribution in [0, 0.1) is 0 Å². The Balaban J connectivity index is 2.17. The van der Waals surface area contributed by atoms with Crippen molar-refractivity contribution < 1.29 is 4.74 Å². The van der Waals surface area contributed by atoms with Gasteiger partial charge in [-0.05, 0) is 50.8 Å². The minimum atomic E-state index is 0.600. The van der Waals surface area contributed by atoms with E-state index in [-0.39, 0.29) is 0 Å². The van der Waals surface area contributed by atoms with Crippen molar-refractivity contribution in [3.63, 3.8) is 0 Å². The SMILES string of the molecule is C=CCNCc1ccc(N2CCCCC2C)c(OCC)c1. The molecule has 0 spiro atoms. The van der Waals surface area contributed by atoms with E-state index in [0.717, 1.165) is 25.4 Å². The van der Waals surface area contributed by atoms with Gasteiger partial charge < -0.3 is 15.0 Å². The summed E-state index contributed by atoms with van der Waals surface area (Å²) < 4.78 is 5.90. The van der Waals surface area contributed by atoms with Gasteiger partial charge in [0.15, 0.2) is 0 Å². The van der Waals surface area contributed by atoms with E-state index in [4.69, 9.17) is 4.74 Å². The van der Waals surface area contributed by atoms with Crippen LogP contribution in [0.3, 0.4) is 0 Å². The van der Waals surface area contributed by atoms with Gasteiger partial charge in [-0.15, -0.1) is 6.58 Å². The summed E-state index contributed by atoms with van der Waals surface area (Å²) in [6.07, 6.45) is 5.77. The molecular formula is C18H28N2O. The fraction of sp³-hybridized carbons (Fsp3) is 0.556. The van der Waals surface area contributed by atoms with Crippen LogP contribution in [0.2, 0.25) is 0 Å². The third kappa shape index (κ3) is 4.24. The lowest BCUT2D eigenvalue weighted by Crippen LogP contribution is -2.37. The molecule has 1 fully saturated rings. The van der Waals surface area contributed by atoms with Crippen LogP contribution in [0.5, 0.6) is 5.75 Å². The molecule has 0 amide bonds. The number of nitrogens with zero attached hydrogens (tertiary/aromatic N) is 1. The lowest BCUT2D eigenvalue weighted by molar-refractivity contribution is 0.337. The zero-order chi connectivity index (χ0) is 15.1. The summed E-state index contributed by atoms with van der Waals surface area (Å²) in [5.41, 5.74) is 2.50. The number of anilines is 1. The van der Waals surface area contributed by atoms with Crippen molar-refractivity contribution in [2.45, 2.75) is 45.7 Å². The van der Waals surface area contributed by atoms with Gasteiger partial charge in [-0.1, -0.05) is 12.1 Å². The molecule has 0 bridgehead atoms. The third-order valence-corrected chi connectivity index (χ3v) is 4.05. The molecule has 0 aliphatic carbocycles. The van der Waals surface area contributed by atoms with E-state index in [1.807, 2.05) is 13.0 Å². The van der Waals surface area contributed by atoms with Gasteiger partial charge in [0.2, 0.25) is 0 Å². The Morgan fingerprint density at radius 1 is 1.43 bits per heavy atom. The topological polar surface area (TPSA) is 24.5 Å². The predicted octanol–water partition coefficient (Wildman–Crippen LogP) is 3.74. The van der Waals surface area contributed by atoms with E-state index < -0.39 is 0 Å². The Hall–Kier alpha value is -1.48. The molecule has 1 N–H and O–H groups in total. The quantitative estimate of drug-likeness (QED) is 0.611. The maximum atomic E-state index is 5.90. The first kappa shape index (κ1) is 15.9. The van der Waals surface area contributed by atoms with Gasteiger partial charge in [0.25, 0.3) is 0 Å². The molecule has 1 saturated heterocycles. The number of benzene rings is 1. The summed E-state index contributed by atoms with van der Waals surface area (Å²) in [5.74, 6) is 1.02. The average molecular weight is 288 g/mol. The highest BCUT2D eigenvalue weighted by Crippen LogP contribution is 2.34. The fourth-order valence-corrected chi connectivity index (χ4v) is 2.95. The van der Waals surface area contributed by atoms with E-state index in [1.165, 1.54) is 30.5 Å². The second-order valence-electron chi connectivity index (χ2n) is 5.69. The summed E-state index contributed by atoms with van der Waals surface area (Å²) in [7, 11) is 0. The lowest BCUT2D eigenvalue weighted by atomic mass is 10.0. The summed E-state index contributed by atoms with van der Waals surface area (Å²) in [6, 6.07) is 7.20. The first-order chi connectivity index (χ1) is 10.3. The second kappa shape index (κ2) is 8.08. The molecule has 0 saturated carbocycles. The molecule has 1 aliphatic rings. The Morgan fingerprint density at radius 2 is 2.29 bits per heavy atom. The maximum Gasteiger partial charge on any atom is 0.142 e. The van der Waals surface area contributed by atoms with Crippen LogP contribution < -0.4 is 15.0 Å². The summed E-state index contributed by atoms with van der Waals surface area (Å²) in [4.78, 5) is 2.50. The van der Waals surface area contributed by atoms with Crippen LogP contribution >= 0.6 is 0 Å². The Bertz CT molecular complexity index is 459. The van der Waals surface area contributed by atoms with Crippen molar-refractivity contribution in [2.75, 3.05) is 24.6 Å². The van der Waals surface area contributed by atoms with Crippen molar-refractivity contribution in [1.82, 2.24) is 5.32 Å². The number of piperidine rings is 1. The number of nitrogens with one attached hydrogen (secondary N) is 1. The minimum Gasteiger partial charge on any atom is -0.492 e. The van der Waals surface area contributed by atoms with Crippen molar-refractivity contribution in [3.05, 3.63) is 36.4 Å². The summed E-state index contributed by atoms with van der Waals surface area (Å²) >= 11 is 0. The van der Waals surface area contributed by atoms with Crippen molar-refractivity contribution in [1.29, 1.82) is 0 Å². The number of hydrogen-bond donors (Lipinski definition) is 1. The molecule has 1 atom stereocenters. The summed E-state index contributed by atoms with van der Waals surface area (Å²) in [5, 5.41) is 3.34. The minimum absolute atomic E-state index is 0.600. The lowest BCUT2D eigenvalue weighted by Gasteiger charge is -2.36. The van der Waals surface area contributed by atoms with Gasteiger partial charge in [-0.3, -0.25) is 0 Å². The van der Waals surface area contributed by atoms with E-state index >= 15 is 0 Å². The second-order valence-corrected chi connectivity index (χ2v) is 5.69. The number of hydrogen-bond acceptors (Lipinski definition) is 3. The highest BCUT2D eigenvalue weighted by molar-refractivity contribution is 5.60. The van der Waals surface area contributed by atoms with Gasteiger partial charge in [0.1, 0.15) is 5.75 Å². The standard InChI is InChI=1S/C18H28N2O/c1-4-11-19-14-16-9-10-17(18(13-16)21-5-2)20-12-7-6-8-15(20)3/h4,9-10,13,15,19H,1,5-8,11-12,14H2,2-3H3. The molecule has 0 radical (unpaired) electrons. The highest BCUT2D eigenvalue weighted by Gasteiger charge is 2.21. The van der Waals surface area contributed by atoms with E-state index in [0.29, 0.717) is 12.6 Å². The van der Waals surface area contributed by atoms with Crippen LogP contribution in [0.15, 0.2) is 30.9 Å². The van der Waals surface area contributed by atoms with Crippen LogP contribution in [-0.4, -0.2) is 25.7 Å². The maximum absolute atomic E-state index is 5.90. The highest BCUT2D eigenvalue weighted by atomic mass is 16.5. The van der Waals surface area contributed by atoms with Gasteiger partial charge in [0, 0.05) is 25.7 Å². The molecule has 116 valence electrons. The largest absolute Gasteiger partial charge is 0.492 e. The molecule has 3 nitrogen and oxygen atoms in total. The van der Waals surface area contributed by atoms with Crippen LogP contribution in [-0.2, 0) is 6.54 Å². The molecular weight excluding hydrogens is 260 g/mol. The summed E-state index contributed by atoms with van der Waals surface area (Å²) in [6.45, 7) is 11.6. The molecule has 21 heavy (non-hydrogen) atoms. The molecule has 1 aromatic carbocycles. The molecule has 3 heteroatoms. The van der Waals surface area contributed by atoms with Crippen molar-refractivity contribution in [3.8, 4) is 5.75 Å². The molecule has 1 aliphatic heterocycles. The third-order valence-electron chi connectivity index (χ3n) is 4.05. The van der Waals surface area contributed by atoms with E-state index in [9.17, 15) is 0 Å². The van der Waals surface area contributed by atoms with Crippen LogP contribution in [0.4, 0.5) is 5.69 Å². The fourth-order valence-electron chi connectivity index (χ4n) is 2.95. The zero-order valence-electron chi connectivity index (χ0n) is 13.4. The van der Waals surface area contributed by atoms with Gasteiger partial charge >= 0.3 is 0 Å². The smallest absolute Gasteiger partial charge is 0.142 e. The Morgan fingerprint density at radius 3 is 3.00 bits per heavy atom. The van der Waals surface area contributed by atoms with Gasteiger partial charge in [-0.2, -0.15) is 0 Å². The molecule has 1 aromatic rings. The Kier molecular flexibility index (Phi) is 6.12. The van der Waals surface area contributed by atoms with Gasteiger partial charge in [-0.25, -0.2) is 0 Å². The molecule has 2 rings (SSSR count). The predicted molar refractivity (Wildman–Crippen MR) is 90.2 cm³/mol. The monoisotopic (exact) mass is 288 g/mol. The molecule has 1 unspecified atom stereocenters.